The molecular formula is C16H23F2N3O4. The number of fused-ring (bicyclic) bond motifs is 1. The number of rotatable bonds is 9. The molecule has 0 spiro atoms. The Hall–Kier alpha value is -2.29. The number of alkyl halides is 2. The summed E-state index contributed by atoms with van der Waals surface area (Å²) in [6.45, 7) is 1.22. The molecule has 0 aromatic heterocycles. The summed E-state index contributed by atoms with van der Waals surface area (Å²) in [6.07, 6.45) is 0.824. The predicted molar refractivity (Wildman–Crippen MR) is 88.5 cm³/mol. The fourth-order valence-corrected chi connectivity index (χ4v) is 2.22. The van der Waals surface area contributed by atoms with Crippen molar-refractivity contribution in [1.82, 2.24) is 10.6 Å². The topological polar surface area (TPSA) is 73.3 Å². The third-order valence-electron chi connectivity index (χ3n) is 3.34. The van der Waals surface area contributed by atoms with E-state index in [1.54, 1.807) is 13.2 Å². The van der Waals surface area contributed by atoms with Crippen LogP contribution < -0.4 is 24.8 Å². The summed E-state index contributed by atoms with van der Waals surface area (Å²) in [7, 11) is 1.64. The molecule has 0 amide bonds. The van der Waals surface area contributed by atoms with E-state index < -0.39 is 6.61 Å². The standard InChI is InChI=1S/C16H23F2N3O4/c1-3-19-16(20-5-4-6-22-2)21-9-11-7-13-14(24-10-23-13)8-12(11)25-15(17)18/h7-8,15H,3-6,9-10H2,1-2H3,(H2,19,20,21). The number of ether oxygens (including phenoxy) is 4. The molecule has 2 N–H and O–H groups in total. The van der Waals surface area contributed by atoms with Gasteiger partial charge in [-0.2, -0.15) is 8.78 Å². The number of halogens is 2. The van der Waals surface area contributed by atoms with E-state index in [1.165, 1.54) is 6.07 Å². The van der Waals surface area contributed by atoms with E-state index in [0.29, 0.717) is 42.7 Å². The molecule has 25 heavy (non-hydrogen) atoms. The minimum atomic E-state index is -2.93. The van der Waals surface area contributed by atoms with Crippen LogP contribution in [0.15, 0.2) is 17.1 Å². The molecule has 1 aromatic rings. The zero-order valence-corrected chi connectivity index (χ0v) is 14.3. The number of benzene rings is 1. The van der Waals surface area contributed by atoms with Crippen LogP contribution in [0.4, 0.5) is 8.78 Å². The lowest BCUT2D eigenvalue weighted by Crippen LogP contribution is -2.38. The van der Waals surface area contributed by atoms with E-state index in [-0.39, 0.29) is 19.1 Å². The van der Waals surface area contributed by atoms with Gasteiger partial charge in [0.2, 0.25) is 6.79 Å². The summed E-state index contributed by atoms with van der Waals surface area (Å²) in [5.41, 5.74) is 0.485. The lowest BCUT2D eigenvalue weighted by atomic mass is 10.1. The number of guanidine groups is 1. The molecule has 2 rings (SSSR count). The molecule has 0 saturated heterocycles. The van der Waals surface area contributed by atoms with Crippen molar-refractivity contribution in [3.05, 3.63) is 17.7 Å². The van der Waals surface area contributed by atoms with Crippen LogP contribution in [0, 0.1) is 0 Å². The molecule has 1 aliphatic rings. The van der Waals surface area contributed by atoms with Gasteiger partial charge in [0, 0.05) is 38.4 Å². The molecule has 1 aromatic carbocycles. The molecule has 1 aliphatic heterocycles. The molecule has 9 heteroatoms. The Kier molecular flexibility index (Phi) is 7.52. The minimum absolute atomic E-state index is 0.0261. The van der Waals surface area contributed by atoms with E-state index in [4.69, 9.17) is 14.2 Å². The number of hydrogen-bond donors (Lipinski definition) is 2. The first kappa shape index (κ1) is 19.0. The first-order chi connectivity index (χ1) is 12.1. The average Bonchev–Trinajstić information content (AvgIpc) is 3.02. The highest BCUT2D eigenvalue weighted by molar-refractivity contribution is 5.79. The quantitative estimate of drug-likeness (QED) is 0.400. The second-order valence-electron chi connectivity index (χ2n) is 5.16. The van der Waals surface area contributed by atoms with E-state index in [2.05, 4.69) is 20.4 Å². The van der Waals surface area contributed by atoms with Crippen LogP contribution in [0.3, 0.4) is 0 Å². The van der Waals surface area contributed by atoms with Crippen molar-refractivity contribution >= 4 is 5.96 Å². The van der Waals surface area contributed by atoms with Crippen molar-refractivity contribution in [2.24, 2.45) is 4.99 Å². The van der Waals surface area contributed by atoms with Crippen molar-refractivity contribution in [2.75, 3.05) is 33.6 Å². The van der Waals surface area contributed by atoms with Crippen LogP contribution in [0.5, 0.6) is 17.2 Å². The van der Waals surface area contributed by atoms with Gasteiger partial charge in [-0.05, 0) is 19.4 Å². The lowest BCUT2D eigenvalue weighted by Gasteiger charge is -2.13. The second-order valence-corrected chi connectivity index (χ2v) is 5.16. The Balaban J connectivity index is 2.09. The molecule has 140 valence electrons. The van der Waals surface area contributed by atoms with Crippen LogP contribution >= 0.6 is 0 Å². The Morgan fingerprint density at radius 1 is 1.28 bits per heavy atom. The Morgan fingerprint density at radius 2 is 2.04 bits per heavy atom. The van der Waals surface area contributed by atoms with Crippen LogP contribution in [-0.2, 0) is 11.3 Å². The third-order valence-corrected chi connectivity index (χ3v) is 3.34. The fraction of sp³-hybridized carbons (Fsp3) is 0.562. The van der Waals surface area contributed by atoms with Crippen molar-refractivity contribution in [1.29, 1.82) is 0 Å². The number of aliphatic imine (C=N–C) groups is 1. The maximum atomic E-state index is 12.6. The van der Waals surface area contributed by atoms with Crippen molar-refractivity contribution < 1.29 is 27.7 Å². The molecule has 0 fully saturated rings. The first-order valence-electron chi connectivity index (χ1n) is 8.02. The van der Waals surface area contributed by atoms with Gasteiger partial charge in [0.15, 0.2) is 17.5 Å². The normalized spacial score (nSPS) is 13.2. The van der Waals surface area contributed by atoms with E-state index >= 15 is 0 Å². The van der Waals surface area contributed by atoms with Gasteiger partial charge in [-0.25, -0.2) is 4.99 Å². The zero-order chi connectivity index (χ0) is 18.1. The number of hydrogen-bond acceptors (Lipinski definition) is 5. The van der Waals surface area contributed by atoms with Gasteiger partial charge >= 0.3 is 6.61 Å². The largest absolute Gasteiger partial charge is 0.454 e. The van der Waals surface area contributed by atoms with Crippen molar-refractivity contribution in [2.45, 2.75) is 26.5 Å². The van der Waals surface area contributed by atoms with Crippen LogP contribution in [0.25, 0.3) is 0 Å². The highest BCUT2D eigenvalue weighted by Crippen LogP contribution is 2.38. The number of nitrogens with zero attached hydrogens (tertiary/aromatic N) is 1. The highest BCUT2D eigenvalue weighted by atomic mass is 19.3. The van der Waals surface area contributed by atoms with Crippen molar-refractivity contribution in [3.63, 3.8) is 0 Å². The molecule has 7 nitrogen and oxygen atoms in total. The first-order valence-corrected chi connectivity index (χ1v) is 8.02. The average molecular weight is 359 g/mol. The third kappa shape index (κ3) is 5.93. The lowest BCUT2D eigenvalue weighted by molar-refractivity contribution is -0.0505. The molecule has 0 bridgehead atoms. The molecule has 0 saturated carbocycles. The van der Waals surface area contributed by atoms with E-state index in [1.807, 2.05) is 6.92 Å². The van der Waals surface area contributed by atoms with Crippen LogP contribution in [-0.4, -0.2) is 46.2 Å². The monoisotopic (exact) mass is 359 g/mol. The van der Waals surface area contributed by atoms with Gasteiger partial charge in [-0.15, -0.1) is 0 Å². The van der Waals surface area contributed by atoms with Gasteiger partial charge in [-0.3, -0.25) is 0 Å². The summed E-state index contributed by atoms with van der Waals surface area (Å²) in [4.78, 5) is 4.41. The Bertz CT molecular complexity index is 585. The van der Waals surface area contributed by atoms with Gasteiger partial charge in [0.25, 0.3) is 0 Å². The van der Waals surface area contributed by atoms with E-state index in [0.717, 1.165) is 6.42 Å². The zero-order valence-electron chi connectivity index (χ0n) is 14.3. The van der Waals surface area contributed by atoms with Crippen LogP contribution in [0.2, 0.25) is 0 Å². The van der Waals surface area contributed by atoms with Gasteiger partial charge in [-0.1, -0.05) is 0 Å². The molecule has 0 atom stereocenters. The summed E-state index contributed by atoms with van der Waals surface area (Å²) in [5, 5.41) is 6.25. The summed E-state index contributed by atoms with van der Waals surface area (Å²) in [6, 6.07) is 3.01. The Morgan fingerprint density at radius 3 is 2.72 bits per heavy atom. The molecule has 0 aliphatic carbocycles. The Labute approximate surface area is 145 Å². The molecule has 0 unspecified atom stereocenters. The number of methoxy groups -OCH3 is 1. The minimum Gasteiger partial charge on any atom is -0.454 e. The van der Waals surface area contributed by atoms with Crippen LogP contribution in [0.1, 0.15) is 18.9 Å². The molecule has 0 radical (unpaired) electrons. The molecular weight excluding hydrogens is 336 g/mol. The smallest absolute Gasteiger partial charge is 0.387 e. The predicted octanol–water partition coefficient (Wildman–Crippen LogP) is 2.11. The summed E-state index contributed by atoms with van der Waals surface area (Å²) in [5.74, 6) is 1.48. The molecule has 1 heterocycles. The summed E-state index contributed by atoms with van der Waals surface area (Å²) >= 11 is 0. The van der Waals surface area contributed by atoms with Gasteiger partial charge in [0.05, 0.1) is 6.54 Å². The van der Waals surface area contributed by atoms with Gasteiger partial charge < -0.3 is 29.6 Å². The highest BCUT2D eigenvalue weighted by Gasteiger charge is 2.20. The maximum Gasteiger partial charge on any atom is 0.387 e. The fourth-order valence-electron chi connectivity index (χ4n) is 2.22. The number of nitrogens with one attached hydrogen (secondary N) is 2. The summed E-state index contributed by atoms with van der Waals surface area (Å²) < 4.78 is 45.3. The van der Waals surface area contributed by atoms with E-state index in [9.17, 15) is 8.78 Å². The van der Waals surface area contributed by atoms with Gasteiger partial charge in [0.1, 0.15) is 5.75 Å². The second kappa shape index (κ2) is 9.87. The SMILES string of the molecule is CCNC(=NCc1cc2c(cc1OC(F)F)OCO2)NCCCOC. The maximum absolute atomic E-state index is 12.6. The van der Waals surface area contributed by atoms with Crippen molar-refractivity contribution in [3.8, 4) is 17.2 Å².